The Balaban J connectivity index is 2.36. The van der Waals surface area contributed by atoms with Gasteiger partial charge in [0.2, 0.25) is 10.0 Å². The molecule has 0 saturated carbocycles. The molecule has 0 aromatic heterocycles. The minimum Gasteiger partial charge on any atom is -0.381 e. The fraction of sp³-hybridized carbons (Fsp3) is 1.00. The second-order valence-corrected chi connectivity index (χ2v) is 6.52. The molecule has 0 unspecified atom stereocenters. The van der Waals surface area contributed by atoms with Crippen LogP contribution in [0.5, 0.6) is 0 Å². The zero-order valence-corrected chi connectivity index (χ0v) is 11.4. The molecule has 0 aliphatic carbocycles. The van der Waals surface area contributed by atoms with Gasteiger partial charge < -0.3 is 10.5 Å². The summed E-state index contributed by atoms with van der Waals surface area (Å²) in [6, 6.07) is 0. The van der Waals surface area contributed by atoms with E-state index in [4.69, 9.17) is 10.5 Å². The van der Waals surface area contributed by atoms with Gasteiger partial charge in [-0.2, -0.15) is 0 Å². The highest BCUT2D eigenvalue weighted by Crippen LogP contribution is 2.21. The zero-order valence-electron chi connectivity index (χ0n) is 10.6. The first-order valence-corrected chi connectivity index (χ1v) is 7.96. The molecule has 0 aromatic carbocycles. The monoisotopic (exact) mass is 264 g/mol. The lowest BCUT2D eigenvalue weighted by Gasteiger charge is -2.31. The summed E-state index contributed by atoms with van der Waals surface area (Å²) in [5.41, 5.74) is 5.51. The van der Waals surface area contributed by atoms with E-state index in [1.807, 2.05) is 6.92 Å². The van der Waals surface area contributed by atoms with E-state index in [1.165, 1.54) is 0 Å². The summed E-state index contributed by atoms with van der Waals surface area (Å²) in [4.78, 5) is 0. The Kier molecular flexibility index (Phi) is 6.40. The number of nitrogens with zero attached hydrogens (tertiary/aromatic N) is 1. The summed E-state index contributed by atoms with van der Waals surface area (Å²) < 4.78 is 30.6. The van der Waals surface area contributed by atoms with Crippen molar-refractivity contribution in [3.8, 4) is 0 Å². The first kappa shape index (κ1) is 14.9. The fourth-order valence-electron chi connectivity index (χ4n) is 2.15. The van der Waals surface area contributed by atoms with Crippen LogP contribution < -0.4 is 5.73 Å². The van der Waals surface area contributed by atoms with E-state index >= 15 is 0 Å². The molecule has 0 radical (unpaired) electrons. The van der Waals surface area contributed by atoms with E-state index in [9.17, 15) is 8.42 Å². The van der Waals surface area contributed by atoms with E-state index in [1.54, 1.807) is 4.31 Å². The summed E-state index contributed by atoms with van der Waals surface area (Å²) in [5, 5.41) is 0. The third-order valence-electron chi connectivity index (χ3n) is 3.23. The maximum absolute atomic E-state index is 11.9. The zero-order chi connectivity index (χ0) is 12.7. The quantitative estimate of drug-likeness (QED) is 0.676. The van der Waals surface area contributed by atoms with Gasteiger partial charge in [0.1, 0.15) is 0 Å². The molecule has 0 aromatic rings. The molecule has 102 valence electrons. The minimum atomic E-state index is -3.12. The molecule has 5 nitrogen and oxygen atoms in total. The summed E-state index contributed by atoms with van der Waals surface area (Å²) in [7, 11) is -3.12. The fourth-order valence-corrected chi connectivity index (χ4v) is 3.50. The van der Waals surface area contributed by atoms with Crippen LogP contribution >= 0.6 is 0 Å². The summed E-state index contributed by atoms with van der Waals surface area (Å²) >= 11 is 0. The predicted octanol–water partition coefficient (Wildman–Crippen LogP) is 0.414. The summed E-state index contributed by atoms with van der Waals surface area (Å²) in [6.45, 7) is 4.70. The van der Waals surface area contributed by atoms with Gasteiger partial charge in [0, 0.05) is 19.7 Å². The first-order valence-electron chi connectivity index (χ1n) is 6.35. The lowest BCUT2D eigenvalue weighted by Crippen LogP contribution is -2.40. The average molecular weight is 264 g/mol. The molecular weight excluding hydrogens is 240 g/mol. The van der Waals surface area contributed by atoms with Gasteiger partial charge in [0.25, 0.3) is 0 Å². The Morgan fingerprint density at radius 3 is 2.53 bits per heavy atom. The van der Waals surface area contributed by atoms with Crippen LogP contribution in [0.15, 0.2) is 0 Å². The van der Waals surface area contributed by atoms with Crippen LogP contribution in [-0.2, 0) is 14.8 Å². The Bertz CT molecular complexity index is 298. The van der Waals surface area contributed by atoms with E-state index < -0.39 is 10.0 Å². The van der Waals surface area contributed by atoms with Crippen LogP contribution in [-0.4, -0.2) is 51.3 Å². The van der Waals surface area contributed by atoms with E-state index in [-0.39, 0.29) is 5.75 Å². The molecule has 6 heteroatoms. The lowest BCUT2D eigenvalue weighted by atomic mass is 9.95. The van der Waals surface area contributed by atoms with Crippen molar-refractivity contribution in [2.75, 3.05) is 38.6 Å². The van der Waals surface area contributed by atoms with Crippen LogP contribution in [0, 0.1) is 5.92 Å². The van der Waals surface area contributed by atoms with Crippen molar-refractivity contribution in [2.24, 2.45) is 11.7 Å². The third-order valence-corrected chi connectivity index (χ3v) is 5.07. The predicted molar refractivity (Wildman–Crippen MR) is 68.2 cm³/mol. The maximum atomic E-state index is 11.9. The Morgan fingerprint density at radius 2 is 2.00 bits per heavy atom. The highest BCUT2D eigenvalue weighted by atomic mass is 32.2. The third kappa shape index (κ3) is 4.91. The number of rotatable bonds is 7. The van der Waals surface area contributed by atoms with Gasteiger partial charge in [-0.05, 0) is 38.6 Å². The molecule has 1 saturated heterocycles. The van der Waals surface area contributed by atoms with Crippen LogP contribution in [0.2, 0.25) is 0 Å². The number of hydrogen-bond acceptors (Lipinski definition) is 4. The molecule has 0 bridgehead atoms. The van der Waals surface area contributed by atoms with Crippen molar-refractivity contribution in [1.82, 2.24) is 4.31 Å². The Hall–Kier alpha value is -0.170. The molecule has 1 aliphatic rings. The van der Waals surface area contributed by atoms with E-state index in [0.717, 1.165) is 19.3 Å². The molecule has 0 amide bonds. The topological polar surface area (TPSA) is 72.6 Å². The van der Waals surface area contributed by atoms with E-state index in [0.29, 0.717) is 38.8 Å². The van der Waals surface area contributed by atoms with Crippen molar-refractivity contribution in [1.29, 1.82) is 0 Å². The molecule has 1 heterocycles. The van der Waals surface area contributed by atoms with Gasteiger partial charge in [0.05, 0.1) is 12.4 Å². The second-order valence-electron chi connectivity index (χ2n) is 4.43. The first-order chi connectivity index (χ1) is 8.10. The van der Waals surface area contributed by atoms with Gasteiger partial charge >= 0.3 is 0 Å². The number of piperidine rings is 1. The molecule has 1 aliphatic heterocycles. The summed E-state index contributed by atoms with van der Waals surface area (Å²) in [6.07, 6.45) is 2.88. The minimum absolute atomic E-state index is 0.0996. The highest BCUT2D eigenvalue weighted by Gasteiger charge is 2.27. The number of hydrogen-bond donors (Lipinski definition) is 1. The molecule has 0 atom stereocenters. The van der Waals surface area contributed by atoms with Crippen LogP contribution in [0.3, 0.4) is 0 Å². The van der Waals surface area contributed by atoms with Crippen molar-refractivity contribution >= 4 is 10.0 Å². The highest BCUT2D eigenvalue weighted by molar-refractivity contribution is 7.89. The molecule has 1 rings (SSSR count). The molecular formula is C11H24N2O3S. The molecule has 17 heavy (non-hydrogen) atoms. The van der Waals surface area contributed by atoms with Crippen molar-refractivity contribution < 1.29 is 13.2 Å². The molecule has 1 fully saturated rings. The lowest BCUT2D eigenvalue weighted by molar-refractivity contribution is 0.161. The average Bonchev–Trinajstić information content (AvgIpc) is 2.30. The number of nitrogens with two attached hydrogens (primary N) is 1. The van der Waals surface area contributed by atoms with Crippen LogP contribution in [0.4, 0.5) is 0 Å². The van der Waals surface area contributed by atoms with Crippen LogP contribution in [0.25, 0.3) is 0 Å². The maximum Gasteiger partial charge on any atom is 0.216 e. The number of ether oxygens (including phenoxy) is 1. The van der Waals surface area contributed by atoms with Gasteiger partial charge in [-0.3, -0.25) is 0 Å². The van der Waals surface area contributed by atoms with Gasteiger partial charge in [-0.15, -0.1) is 0 Å². The van der Waals surface area contributed by atoms with Gasteiger partial charge in [-0.1, -0.05) is 0 Å². The van der Waals surface area contributed by atoms with Crippen molar-refractivity contribution in [2.45, 2.75) is 26.2 Å². The molecule has 2 N–H and O–H groups in total. The smallest absolute Gasteiger partial charge is 0.216 e. The van der Waals surface area contributed by atoms with Gasteiger partial charge in [0.15, 0.2) is 0 Å². The Morgan fingerprint density at radius 1 is 1.35 bits per heavy atom. The van der Waals surface area contributed by atoms with Crippen LogP contribution in [0.1, 0.15) is 26.2 Å². The molecule has 0 spiro atoms. The number of sulfonamides is 1. The normalized spacial score (nSPS) is 19.6. The van der Waals surface area contributed by atoms with Crippen molar-refractivity contribution in [3.63, 3.8) is 0 Å². The SMILES string of the molecule is CCOCCS(=O)(=O)N1CCC(CCN)CC1. The Labute approximate surface area is 104 Å². The van der Waals surface area contributed by atoms with Gasteiger partial charge in [-0.25, -0.2) is 12.7 Å². The largest absolute Gasteiger partial charge is 0.381 e. The second kappa shape index (κ2) is 7.31. The van der Waals surface area contributed by atoms with Crippen molar-refractivity contribution in [3.05, 3.63) is 0 Å². The standard InChI is InChI=1S/C11H24N2O3S/c1-2-16-9-10-17(14,15)13-7-4-11(3-6-12)5-8-13/h11H,2-10,12H2,1H3. The summed E-state index contributed by atoms with van der Waals surface area (Å²) in [5.74, 6) is 0.695. The van der Waals surface area contributed by atoms with E-state index in [2.05, 4.69) is 0 Å².